The third-order valence-corrected chi connectivity index (χ3v) is 4.86. The number of carboxylic acid groups (broad SMARTS) is 1. The highest BCUT2D eigenvalue weighted by Gasteiger charge is 2.13. The van der Waals surface area contributed by atoms with Crippen molar-refractivity contribution in [3.8, 4) is 22.6 Å². The number of hydrogen-bond donors (Lipinski definition) is 2. The zero-order valence-corrected chi connectivity index (χ0v) is 17.1. The molecule has 0 atom stereocenters. The molecule has 10 heteroatoms. The second kappa shape index (κ2) is 8.72. The molecule has 10 nitrogen and oxygen atoms in total. The molecule has 0 saturated carbocycles. The van der Waals surface area contributed by atoms with E-state index in [2.05, 4.69) is 19.8 Å². The third kappa shape index (κ3) is 4.33. The van der Waals surface area contributed by atoms with Gasteiger partial charge < -0.3 is 5.11 Å². The van der Waals surface area contributed by atoms with Gasteiger partial charge in [0.25, 0.3) is 5.56 Å². The van der Waals surface area contributed by atoms with Gasteiger partial charge in [-0.1, -0.05) is 41.6 Å². The Bertz CT molecular complexity index is 1370. The minimum absolute atomic E-state index is 0.190. The van der Waals surface area contributed by atoms with Gasteiger partial charge in [0.15, 0.2) is 5.82 Å². The molecule has 0 fully saturated rings. The van der Waals surface area contributed by atoms with E-state index in [0.717, 1.165) is 11.1 Å². The van der Waals surface area contributed by atoms with Crippen molar-refractivity contribution in [3.63, 3.8) is 0 Å². The maximum absolute atomic E-state index is 12.4. The van der Waals surface area contributed by atoms with Gasteiger partial charge in [0.05, 0.1) is 12.2 Å². The number of rotatable bonds is 6. The maximum Gasteiger partial charge on any atom is 0.439 e. The Morgan fingerprint density at radius 2 is 1.84 bits per heavy atom. The van der Waals surface area contributed by atoms with Crippen LogP contribution < -0.4 is 16.2 Å². The molecule has 2 aromatic carbocycles. The van der Waals surface area contributed by atoms with Gasteiger partial charge in [0, 0.05) is 29.4 Å². The van der Waals surface area contributed by atoms with Crippen molar-refractivity contribution in [2.75, 3.05) is 11.4 Å². The first-order valence-electron chi connectivity index (χ1n) is 9.79. The molecular formula is C22H19N5O5. The van der Waals surface area contributed by atoms with Crippen LogP contribution in [0.3, 0.4) is 0 Å². The van der Waals surface area contributed by atoms with Gasteiger partial charge >= 0.3 is 11.8 Å². The first-order chi connectivity index (χ1) is 15.4. The molecule has 0 spiro atoms. The maximum atomic E-state index is 12.4. The highest BCUT2D eigenvalue weighted by Crippen LogP contribution is 2.21. The van der Waals surface area contributed by atoms with E-state index in [-0.39, 0.29) is 12.1 Å². The molecular weight excluding hydrogens is 414 g/mol. The highest BCUT2D eigenvalue weighted by molar-refractivity contribution is 5.86. The topological polar surface area (TPSA) is 134 Å². The molecule has 32 heavy (non-hydrogen) atoms. The number of aromatic amines is 1. The number of amides is 1. The summed E-state index contributed by atoms with van der Waals surface area (Å²) in [5.41, 5.74) is 3.03. The van der Waals surface area contributed by atoms with Crippen LogP contribution >= 0.6 is 0 Å². The predicted octanol–water partition coefficient (Wildman–Crippen LogP) is 2.81. The number of aromatic nitrogens is 4. The van der Waals surface area contributed by atoms with Crippen LogP contribution in [0.2, 0.25) is 0 Å². The fourth-order valence-corrected chi connectivity index (χ4v) is 3.29. The molecule has 0 saturated heterocycles. The van der Waals surface area contributed by atoms with E-state index in [1.54, 1.807) is 55.5 Å². The summed E-state index contributed by atoms with van der Waals surface area (Å²) in [5, 5.41) is 17.4. The van der Waals surface area contributed by atoms with Crippen molar-refractivity contribution in [1.29, 1.82) is 0 Å². The molecule has 0 aliphatic carbocycles. The van der Waals surface area contributed by atoms with E-state index in [1.165, 1.54) is 15.6 Å². The number of benzene rings is 2. The predicted molar refractivity (Wildman–Crippen MR) is 117 cm³/mol. The van der Waals surface area contributed by atoms with Crippen molar-refractivity contribution >= 4 is 11.8 Å². The van der Waals surface area contributed by atoms with Gasteiger partial charge in [-0.05, 0) is 30.7 Å². The number of nitrogens with one attached hydrogen (secondary N) is 1. The number of hydrogen-bond acceptors (Lipinski definition) is 6. The Balaban J connectivity index is 1.60. The smallest absolute Gasteiger partial charge is 0.439 e. The molecule has 0 unspecified atom stereocenters. The van der Waals surface area contributed by atoms with Gasteiger partial charge in [-0.25, -0.2) is 14.3 Å². The van der Waals surface area contributed by atoms with Crippen LogP contribution in [0.5, 0.6) is 0 Å². The first-order valence-corrected chi connectivity index (χ1v) is 9.79. The van der Waals surface area contributed by atoms with E-state index in [9.17, 15) is 19.5 Å². The lowest BCUT2D eigenvalue weighted by atomic mass is 10.1. The SMILES string of the molecule is CCN(C(=O)O)c1cccc(Cn2nc(-c3ccc(-c4noc(=O)[nH]4)cc3)ccc2=O)c1. The second-order valence-electron chi connectivity index (χ2n) is 6.93. The summed E-state index contributed by atoms with van der Waals surface area (Å²) in [6.45, 7) is 2.25. The highest BCUT2D eigenvalue weighted by atomic mass is 16.5. The first kappa shape index (κ1) is 20.8. The molecule has 0 bridgehead atoms. The summed E-state index contributed by atoms with van der Waals surface area (Å²) in [5.74, 6) is -0.311. The summed E-state index contributed by atoms with van der Waals surface area (Å²) >= 11 is 0. The number of carbonyl (C=O) groups is 1. The summed E-state index contributed by atoms with van der Waals surface area (Å²) in [6, 6.07) is 17.2. The van der Waals surface area contributed by atoms with Gasteiger partial charge in [-0.15, -0.1) is 0 Å². The molecule has 2 aromatic heterocycles. The lowest BCUT2D eigenvalue weighted by molar-refractivity contribution is 0.202. The van der Waals surface area contributed by atoms with E-state index in [0.29, 0.717) is 29.3 Å². The monoisotopic (exact) mass is 433 g/mol. The lowest BCUT2D eigenvalue weighted by Crippen LogP contribution is -2.29. The average molecular weight is 433 g/mol. The Hall–Kier alpha value is -4.47. The minimum Gasteiger partial charge on any atom is -0.465 e. The lowest BCUT2D eigenvalue weighted by Gasteiger charge is -2.18. The van der Waals surface area contributed by atoms with Crippen LogP contribution in [-0.4, -0.2) is 37.7 Å². The van der Waals surface area contributed by atoms with Crippen LogP contribution in [0.1, 0.15) is 12.5 Å². The average Bonchev–Trinajstić information content (AvgIpc) is 3.22. The van der Waals surface area contributed by atoms with Crippen LogP contribution in [0.15, 0.2) is 74.8 Å². The summed E-state index contributed by atoms with van der Waals surface area (Å²) in [7, 11) is 0. The summed E-state index contributed by atoms with van der Waals surface area (Å²) in [4.78, 5) is 38.6. The Morgan fingerprint density at radius 1 is 1.09 bits per heavy atom. The fourth-order valence-electron chi connectivity index (χ4n) is 3.29. The third-order valence-electron chi connectivity index (χ3n) is 4.86. The molecule has 162 valence electrons. The van der Waals surface area contributed by atoms with Crippen molar-refractivity contribution in [1.82, 2.24) is 19.9 Å². The fraction of sp³-hybridized carbons (Fsp3) is 0.136. The van der Waals surface area contributed by atoms with E-state index in [4.69, 9.17) is 0 Å². The van der Waals surface area contributed by atoms with Gasteiger partial charge in [0.1, 0.15) is 0 Å². The Morgan fingerprint density at radius 3 is 2.50 bits per heavy atom. The van der Waals surface area contributed by atoms with Crippen molar-refractivity contribution in [3.05, 3.63) is 87.1 Å². The molecule has 0 aliphatic rings. The van der Waals surface area contributed by atoms with Gasteiger partial charge in [0.2, 0.25) is 0 Å². The molecule has 0 aliphatic heterocycles. The molecule has 4 rings (SSSR count). The zero-order chi connectivity index (χ0) is 22.7. The standard InChI is InChI=1S/C22H19N5O5/c1-2-26(22(30)31)17-5-3-4-14(12-17)13-27-19(28)11-10-18(24-27)15-6-8-16(9-7-15)20-23-21(29)32-25-20/h3-12H,2,13H2,1H3,(H,30,31)(H,23,25,29). The van der Waals surface area contributed by atoms with Crippen LogP contribution in [0, 0.1) is 0 Å². The second-order valence-corrected chi connectivity index (χ2v) is 6.93. The molecule has 0 radical (unpaired) electrons. The van der Waals surface area contributed by atoms with Crippen molar-refractivity contribution in [2.45, 2.75) is 13.5 Å². The largest absolute Gasteiger partial charge is 0.465 e. The quantitative estimate of drug-likeness (QED) is 0.477. The Kier molecular flexibility index (Phi) is 5.67. The van der Waals surface area contributed by atoms with E-state index >= 15 is 0 Å². The normalized spacial score (nSPS) is 10.8. The van der Waals surface area contributed by atoms with Crippen molar-refractivity contribution in [2.24, 2.45) is 0 Å². The van der Waals surface area contributed by atoms with Gasteiger partial charge in [-0.2, -0.15) is 5.10 Å². The minimum atomic E-state index is -1.04. The molecule has 4 aromatic rings. The van der Waals surface area contributed by atoms with Crippen LogP contribution in [0.25, 0.3) is 22.6 Å². The number of H-pyrrole nitrogens is 1. The molecule has 1 amide bonds. The van der Waals surface area contributed by atoms with Crippen LogP contribution in [-0.2, 0) is 6.54 Å². The zero-order valence-electron chi connectivity index (χ0n) is 17.1. The molecule has 2 heterocycles. The van der Waals surface area contributed by atoms with Crippen LogP contribution in [0.4, 0.5) is 10.5 Å². The number of nitrogens with zero attached hydrogens (tertiary/aromatic N) is 4. The molecule has 2 N–H and O–H groups in total. The van der Waals surface area contributed by atoms with Crippen molar-refractivity contribution < 1.29 is 14.4 Å². The summed E-state index contributed by atoms with van der Waals surface area (Å²) < 4.78 is 5.84. The number of anilines is 1. The Labute approximate surface area is 181 Å². The summed E-state index contributed by atoms with van der Waals surface area (Å²) in [6.07, 6.45) is -1.04. The van der Waals surface area contributed by atoms with Gasteiger partial charge in [-0.3, -0.25) is 19.2 Å². The van der Waals surface area contributed by atoms with E-state index in [1.807, 2.05) is 6.07 Å². The van der Waals surface area contributed by atoms with E-state index < -0.39 is 11.8 Å².